The molecular weight excluding hydrogens is 348 g/mol. The fraction of sp³-hybridized carbons (Fsp3) is 0.476. The van der Waals surface area contributed by atoms with E-state index in [-0.39, 0.29) is 5.92 Å². The van der Waals surface area contributed by atoms with E-state index in [9.17, 15) is 4.79 Å². The highest BCUT2D eigenvalue weighted by Crippen LogP contribution is 2.22. The van der Waals surface area contributed by atoms with Gasteiger partial charge in [-0.2, -0.15) is 0 Å². The van der Waals surface area contributed by atoms with Gasteiger partial charge in [-0.15, -0.1) is 11.6 Å². The molecule has 0 amide bonds. The maximum Gasteiger partial charge on any atom is 0.329 e. The van der Waals surface area contributed by atoms with Gasteiger partial charge >= 0.3 is 5.97 Å². The van der Waals surface area contributed by atoms with Crippen molar-refractivity contribution in [1.82, 2.24) is 9.97 Å². The maximum atomic E-state index is 12.0. The van der Waals surface area contributed by atoms with E-state index in [0.717, 1.165) is 30.4 Å². The van der Waals surface area contributed by atoms with Crippen LogP contribution in [0.5, 0.6) is 5.75 Å². The molecule has 140 valence electrons. The molecule has 0 N–H and O–H groups in total. The Morgan fingerprint density at radius 2 is 1.77 bits per heavy atom. The molecule has 0 aliphatic rings. The molecule has 0 fully saturated rings. The number of aromatic nitrogens is 2. The molecule has 2 rings (SSSR count). The zero-order chi connectivity index (χ0) is 18.9. The summed E-state index contributed by atoms with van der Waals surface area (Å²) in [6, 6.07) is 7.18. The molecule has 0 bridgehead atoms. The summed E-state index contributed by atoms with van der Waals surface area (Å²) in [5.74, 6) is 0.801. The van der Waals surface area contributed by atoms with E-state index >= 15 is 0 Å². The van der Waals surface area contributed by atoms with Gasteiger partial charge in [-0.05, 0) is 48.6 Å². The van der Waals surface area contributed by atoms with Crippen molar-refractivity contribution in [3.05, 3.63) is 42.2 Å². The third-order valence-electron chi connectivity index (χ3n) is 4.47. The van der Waals surface area contributed by atoms with Crippen molar-refractivity contribution in [1.29, 1.82) is 0 Å². The lowest BCUT2D eigenvalue weighted by Crippen LogP contribution is -2.26. The standard InChI is InChI=1S/C21H27ClN2O2/c1-4-6-7-8-16-13-23-20(24-14-16)17-9-11-18(12-10-17)26-21(25)19(22)15(3)5-2/h9-15,19H,4-8H2,1-3H3. The SMILES string of the molecule is CCCCCc1cnc(-c2ccc(OC(=O)C(Cl)C(C)CC)cc2)nc1. The number of halogens is 1. The number of ether oxygens (including phenoxy) is 1. The largest absolute Gasteiger partial charge is 0.425 e. The molecule has 0 spiro atoms. The van der Waals surface area contributed by atoms with Gasteiger partial charge in [0.1, 0.15) is 11.1 Å². The van der Waals surface area contributed by atoms with E-state index in [1.807, 2.05) is 38.4 Å². The lowest BCUT2D eigenvalue weighted by atomic mass is 10.1. The molecule has 0 aliphatic carbocycles. The number of carbonyl (C=O) groups excluding carboxylic acids is 1. The molecule has 2 atom stereocenters. The van der Waals surface area contributed by atoms with Gasteiger partial charge in [0.2, 0.25) is 0 Å². The number of unbranched alkanes of at least 4 members (excludes halogenated alkanes) is 2. The Balaban J connectivity index is 1.97. The van der Waals surface area contributed by atoms with Crippen LogP contribution in [0.15, 0.2) is 36.7 Å². The minimum absolute atomic E-state index is 0.0766. The van der Waals surface area contributed by atoms with Crippen LogP contribution in [0.1, 0.15) is 52.0 Å². The van der Waals surface area contributed by atoms with Crippen molar-refractivity contribution >= 4 is 17.6 Å². The zero-order valence-electron chi connectivity index (χ0n) is 15.7. The molecule has 1 aromatic heterocycles. The van der Waals surface area contributed by atoms with Gasteiger partial charge < -0.3 is 4.74 Å². The van der Waals surface area contributed by atoms with Crippen LogP contribution < -0.4 is 4.74 Å². The first-order valence-electron chi connectivity index (χ1n) is 9.32. The van der Waals surface area contributed by atoms with Crippen molar-refractivity contribution in [2.45, 2.75) is 58.3 Å². The average molecular weight is 375 g/mol. The van der Waals surface area contributed by atoms with Gasteiger partial charge in [-0.3, -0.25) is 4.79 Å². The van der Waals surface area contributed by atoms with Crippen LogP contribution in [0.4, 0.5) is 0 Å². The van der Waals surface area contributed by atoms with Gasteiger partial charge in [0.05, 0.1) is 0 Å². The second kappa shape index (κ2) is 10.3. The Kier molecular flexibility index (Phi) is 8.05. The number of nitrogens with zero attached hydrogens (tertiary/aromatic N) is 2. The number of benzene rings is 1. The molecule has 26 heavy (non-hydrogen) atoms. The van der Waals surface area contributed by atoms with E-state index in [4.69, 9.17) is 16.3 Å². The molecule has 2 unspecified atom stereocenters. The Morgan fingerprint density at radius 3 is 2.35 bits per heavy atom. The first-order valence-corrected chi connectivity index (χ1v) is 9.75. The summed E-state index contributed by atoms with van der Waals surface area (Å²) in [5, 5.41) is -0.636. The van der Waals surface area contributed by atoms with Gasteiger partial charge in [0.15, 0.2) is 5.82 Å². The summed E-state index contributed by atoms with van der Waals surface area (Å²) in [6.45, 7) is 6.13. The van der Waals surface area contributed by atoms with E-state index < -0.39 is 11.3 Å². The molecule has 0 saturated carbocycles. The molecule has 5 heteroatoms. The number of hydrogen-bond donors (Lipinski definition) is 0. The monoisotopic (exact) mass is 374 g/mol. The Bertz CT molecular complexity index is 686. The van der Waals surface area contributed by atoms with Gasteiger partial charge in [0.25, 0.3) is 0 Å². The zero-order valence-corrected chi connectivity index (χ0v) is 16.5. The highest BCUT2D eigenvalue weighted by molar-refractivity contribution is 6.30. The molecule has 0 saturated heterocycles. The average Bonchev–Trinajstić information content (AvgIpc) is 2.68. The van der Waals surface area contributed by atoms with Crippen LogP contribution in [-0.4, -0.2) is 21.3 Å². The summed E-state index contributed by atoms with van der Waals surface area (Å²) >= 11 is 6.12. The summed E-state index contributed by atoms with van der Waals surface area (Å²) in [4.78, 5) is 20.9. The van der Waals surface area contributed by atoms with E-state index in [0.29, 0.717) is 11.6 Å². The van der Waals surface area contributed by atoms with E-state index in [2.05, 4.69) is 16.9 Å². The maximum absolute atomic E-state index is 12.0. The molecule has 1 heterocycles. The van der Waals surface area contributed by atoms with Crippen LogP contribution in [0, 0.1) is 5.92 Å². The fourth-order valence-corrected chi connectivity index (χ4v) is 2.72. The highest BCUT2D eigenvalue weighted by Gasteiger charge is 2.23. The predicted molar refractivity (Wildman–Crippen MR) is 105 cm³/mol. The quantitative estimate of drug-likeness (QED) is 0.254. The second-order valence-corrected chi connectivity index (χ2v) is 7.07. The van der Waals surface area contributed by atoms with Gasteiger partial charge in [0, 0.05) is 18.0 Å². The number of esters is 1. The Morgan fingerprint density at radius 1 is 1.12 bits per heavy atom. The first kappa shape index (κ1) is 20.4. The summed E-state index contributed by atoms with van der Waals surface area (Å²) < 4.78 is 5.35. The van der Waals surface area contributed by atoms with Crippen LogP contribution >= 0.6 is 11.6 Å². The minimum atomic E-state index is -0.636. The molecule has 4 nitrogen and oxygen atoms in total. The lowest BCUT2D eigenvalue weighted by Gasteiger charge is -2.14. The molecule has 2 aromatic rings. The summed E-state index contributed by atoms with van der Waals surface area (Å²) in [5.41, 5.74) is 2.04. The van der Waals surface area contributed by atoms with Crippen molar-refractivity contribution < 1.29 is 9.53 Å². The van der Waals surface area contributed by atoms with Crippen LogP contribution in [-0.2, 0) is 11.2 Å². The van der Waals surface area contributed by atoms with Gasteiger partial charge in [-0.25, -0.2) is 9.97 Å². The van der Waals surface area contributed by atoms with Crippen molar-refractivity contribution in [3.63, 3.8) is 0 Å². The topological polar surface area (TPSA) is 52.1 Å². The van der Waals surface area contributed by atoms with E-state index in [1.165, 1.54) is 12.8 Å². The molecule has 1 aromatic carbocycles. The van der Waals surface area contributed by atoms with Gasteiger partial charge in [-0.1, -0.05) is 40.0 Å². The van der Waals surface area contributed by atoms with E-state index in [1.54, 1.807) is 12.1 Å². The number of rotatable bonds is 9. The number of aryl methyl sites for hydroxylation is 1. The van der Waals surface area contributed by atoms with Crippen molar-refractivity contribution in [2.24, 2.45) is 5.92 Å². The smallest absolute Gasteiger partial charge is 0.329 e. The highest BCUT2D eigenvalue weighted by atomic mass is 35.5. The summed E-state index contributed by atoms with van der Waals surface area (Å²) in [7, 11) is 0. The van der Waals surface area contributed by atoms with Crippen LogP contribution in [0.2, 0.25) is 0 Å². The molecular formula is C21H27ClN2O2. The Hall–Kier alpha value is -1.94. The number of alkyl halides is 1. The van der Waals surface area contributed by atoms with Crippen molar-refractivity contribution in [3.8, 4) is 17.1 Å². The van der Waals surface area contributed by atoms with Crippen molar-refractivity contribution in [2.75, 3.05) is 0 Å². The number of carbonyl (C=O) groups is 1. The Labute approximate surface area is 161 Å². The first-order chi connectivity index (χ1) is 12.5. The summed E-state index contributed by atoms with van der Waals surface area (Å²) in [6.07, 6.45) is 9.20. The second-order valence-electron chi connectivity index (χ2n) is 6.60. The molecule has 0 aliphatic heterocycles. The lowest BCUT2D eigenvalue weighted by molar-refractivity contribution is -0.134. The third-order valence-corrected chi connectivity index (χ3v) is 5.08. The van der Waals surface area contributed by atoms with Crippen LogP contribution in [0.25, 0.3) is 11.4 Å². The normalized spacial score (nSPS) is 13.2. The predicted octanol–water partition coefficient (Wildman–Crippen LogP) is 5.44. The third kappa shape index (κ3) is 5.80. The molecule has 0 radical (unpaired) electrons. The minimum Gasteiger partial charge on any atom is -0.425 e. The van der Waals surface area contributed by atoms with Crippen LogP contribution in [0.3, 0.4) is 0 Å². The fourth-order valence-electron chi connectivity index (χ4n) is 2.50. The number of hydrogen-bond acceptors (Lipinski definition) is 4.